The van der Waals surface area contributed by atoms with Crippen LogP contribution < -0.4 is 0 Å². The van der Waals surface area contributed by atoms with Crippen LogP contribution >= 0.6 is 23.1 Å². The maximum Gasteiger partial charge on any atom is 0.147 e. The van der Waals surface area contributed by atoms with E-state index < -0.39 is 0 Å². The zero-order valence-corrected chi connectivity index (χ0v) is 8.45. The van der Waals surface area contributed by atoms with Crippen molar-refractivity contribution >= 4 is 28.9 Å². The molecule has 0 aliphatic carbocycles. The van der Waals surface area contributed by atoms with E-state index in [0.717, 1.165) is 6.42 Å². The van der Waals surface area contributed by atoms with Crippen molar-refractivity contribution < 1.29 is 4.79 Å². The topological polar surface area (TPSA) is 17.1 Å². The van der Waals surface area contributed by atoms with E-state index in [1.807, 2.05) is 13.0 Å². The molecule has 2 rings (SSSR count). The van der Waals surface area contributed by atoms with Crippen molar-refractivity contribution in [3.05, 3.63) is 22.4 Å². The van der Waals surface area contributed by atoms with Gasteiger partial charge in [-0.1, -0.05) is 6.07 Å². The summed E-state index contributed by atoms with van der Waals surface area (Å²) in [6.45, 7) is 2.00. The number of carbonyl (C=O) groups excluding carboxylic acids is 1. The highest BCUT2D eigenvalue weighted by Gasteiger charge is 2.31. The standard InChI is InChI=1S/C9H10OS2/c1-6-7(10)5-9(12-6)8-3-2-4-11-8/h2-4,6,9H,5H2,1H3. The Morgan fingerprint density at radius 1 is 1.58 bits per heavy atom. The smallest absolute Gasteiger partial charge is 0.147 e. The first-order valence-electron chi connectivity index (χ1n) is 3.99. The highest BCUT2D eigenvalue weighted by atomic mass is 32.2. The van der Waals surface area contributed by atoms with Gasteiger partial charge in [-0.2, -0.15) is 0 Å². The van der Waals surface area contributed by atoms with Gasteiger partial charge in [0.05, 0.1) is 5.25 Å². The van der Waals surface area contributed by atoms with E-state index in [1.165, 1.54) is 4.88 Å². The molecule has 1 aromatic rings. The third kappa shape index (κ3) is 1.43. The van der Waals surface area contributed by atoms with Crippen LogP contribution in [-0.4, -0.2) is 11.0 Å². The quantitative estimate of drug-likeness (QED) is 0.690. The summed E-state index contributed by atoms with van der Waals surface area (Å²) in [6, 6.07) is 4.17. The Balaban J connectivity index is 2.14. The fourth-order valence-corrected chi connectivity index (χ4v) is 3.62. The number of hydrogen-bond donors (Lipinski definition) is 0. The number of carbonyl (C=O) groups is 1. The lowest BCUT2D eigenvalue weighted by Crippen LogP contribution is -2.03. The number of thiophene rings is 1. The fourth-order valence-electron chi connectivity index (χ4n) is 1.36. The molecule has 0 aromatic carbocycles. The lowest BCUT2D eigenvalue weighted by Gasteiger charge is -2.03. The summed E-state index contributed by atoms with van der Waals surface area (Å²) in [7, 11) is 0. The molecule has 1 fully saturated rings. The van der Waals surface area contributed by atoms with Gasteiger partial charge in [-0.15, -0.1) is 23.1 Å². The zero-order valence-electron chi connectivity index (χ0n) is 6.82. The summed E-state index contributed by atoms with van der Waals surface area (Å²) in [5, 5.41) is 2.72. The van der Waals surface area contributed by atoms with Gasteiger partial charge < -0.3 is 0 Å². The lowest BCUT2D eigenvalue weighted by molar-refractivity contribution is -0.117. The number of thioether (sulfide) groups is 1. The van der Waals surface area contributed by atoms with Crippen molar-refractivity contribution in [2.75, 3.05) is 0 Å². The van der Waals surface area contributed by atoms with Crippen molar-refractivity contribution in [1.29, 1.82) is 0 Å². The number of Topliss-reactive ketones (excluding diaryl/α,β-unsaturated/α-hetero) is 1. The highest BCUT2D eigenvalue weighted by Crippen LogP contribution is 2.43. The maximum atomic E-state index is 11.3. The molecule has 1 saturated heterocycles. The first-order chi connectivity index (χ1) is 5.77. The summed E-state index contributed by atoms with van der Waals surface area (Å²) in [4.78, 5) is 12.6. The molecule has 1 aliphatic heterocycles. The summed E-state index contributed by atoms with van der Waals surface area (Å²) >= 11 is 3.54. The van der Waals surface area contributed by atoms with Crippen molar-refractivity contribution in [3.8, 4) is 0 Å². The molecule has 0 N–H and O–H groups in total. The first kappa shape index (κ1) is 8.32. The van der Waals surface area contributed by atoms with Crippen LogP contribution in [0.25, 0.3) is 0 Å². The lowest BCUT2D eigenvalue weighted by atomic mass is 10.1. The van der Waals surface area contributed by atoms with Gasteiger partial charge in [0, 0.05) is 16.5 Å². The minimum atomic E-state index is 0.206. The molecular formula is C9H10OS2. The summed E-state index contributed by atoms with van der Waals surface area (Å²) in [5.74, 6) is 0.401. The van der Waals surface area contributed by atoms with E-state index in [4.69, 9.17) is 0 Å². The Kier molecular flexibility index (Phi) is 2.24. The van der Waals surface area contributed by atoms with Crippen LogP contribution in [0.5, 0.6) is 0 Å². The minimum Gasteiger partial charge on any atom is -0.298 e. The second-order valence-electron chi connectivity index (χ2n) is 2.95. The Labute approximate surface area is 80.2 Å². The predicted octanol–water partition coefficient (Wildman–Crippen LogP) is 2.88. The molecule has 12 heavy (non-hydrogen) atoms. The molecule has 1 aromatic heterocycles. The van der Waals surface area contributed by atoms with E-state index in [-0.39, 0.29) is 5.25 Å². The van der Waals surface area contributed by atoms with Crippen molar-refractivity contribution in [2.45, 2.75) is 23.8 Å². The van der Waals surface area contributed by atoms with Gasteiger partial charge in [0.1, 0.15) is 5.78 Å². The van der Waals surface area contributed by atoms with Crippen molar-refractivity contribution in [3.63, 3.8) is 0 Å². The van der Waals surface area contributed by atoms with Gasteiger partial charge >= 0.3 is 0 Å². The fraction of sp³-hybridized carbons (Fsp3) is 0.444. The minimum absolute atomic E-state index is 0.206. The molecule has 1 nitrogen and oxygen atoms in total. The van der Waals surface area contributed by atoms with Crippen LogP contribution in [0.4, 0.5) is 0 Å². The number of rotatable bonds is 1. The van der Waals surface area contributed by atoms with E-state index in [9.17, 15) is 4.79 Å². The van der Waals surface area contributed by atoms with Crippen LogP contribution in [-0.2, 0) is 4.79 Å². The molecule has 0 spiro atoms. The van der Waals surface area contributed by atoms with Crippen LogP contribution in [0.3, 0.4) is 0 Å². The molecule has 0 bridgehead atoms. The van der Waals surface area contributed by atoms with Gasteiger partial charge in [-0.05, 0) is 18.4 Å². The maximum absolute atomic E-state index is 11.3. The van der Waals surface area contributed by atoms with E-state index in [0.29, 0.717) is 11.0 Å². The average molecular weight is 198 g/mol. The van der Waals surface area contributed by atoms with Crippen molar-refractivity contribution in [1.82, 2.24) is 0 Å². The molecule has 3 heteroatoms. The Morgan fingerprint density at radius 2 is 2.42 bits per heavy atom. The third-order valence-corrected chi connectivity index (χ3v) is 4.62. The van der Waals surface area contributed by atoms with Gasteiger partial charge in [0.2, 0.25) is 0 Å². The molecule has 2 atom stereocenters. The van der Waals surface area contributed by atoms with Crippen LogP contribution in [0.15, 0.2) is 17.5 Å². The van der Waals surface area contributed by atoms with Gasteiger partial charge in [0.15, 0.2) is 0 Å². The van der Waals surface area contributed by atoms with Crippen LogP contribution in [0.1, 0.15) is 23.5 Å². The first-order valence-corrected chi connectivity index (χ1v) is 5.81. The summed E-state index contributed by atoms with van der Waals surface area (Å²) in [5.41, 5.74) is 0. The molecule has 2 unspecified atom stereocenters. The molecule has 2 heterocycles. The normalized spacial score (nSPS) is 29.6. The van der Waals surface area contributed by atoms with Gasteiger partial charge in [0.25, 0.3) is 0 Å². The highest BCUT2D eigenvalue weighted by molar-refractivity contribution is 8.01. The molecule has 64 valence electrons. The van der Waals surface area contributed by atoms with Crippen LogP contribution in [0.2, 0.25) is 0 Å². The largest absolute Gasteiger partial charge is 0.298 e. The second kappa shape index (κ2) is 3.23. The van der Waals surface area contributed by atoms with Crippen molar-refractivity contribution in [2.24, 2.45) is 0 Å². The summed E-state index contributed by atoms with van der Waals surface area (Å²) in [6.07, 6.45) is 0.729. The summed E-state index contributed by atoms with van der Waals surface area (Å²) < 4.78 is 0. The molecule has 0 amide bonds. The second-order valence-corrected chi connectivity index (χ2v) is 5.48. The monoisotopic (exact) mass is 198 g/mol. The van der Waals surface area contributed by atoms with Gasteiger partial charge in [-0.25, -0.2) is 0 Å². The molecular weight excluding hydrogens is 188 g/mol. The Hall–Kier alpha value is -0.280. The van der Waals surface area contributed by atoms with E-state index in [2.05, 4.69) is 11.4 Å². The third-order valence-electron chi connectivity index (χ3n) is 2.07. The molecule has 0 radical (unpaired) electrons. The number of hydrogen-bond acceptors (Lipinski definition) is 3. The van der Waals surface area contributed by atoms with E-state index in [1.54, 1.807) is 23.1 Å². The Morgan fingerprint density at radius 3 is 2.92 bits per heavy atom. The predicted molar refractivity (Wildman–Crippen MR) is 53.7 cm³/mol. The average Bonchev–Trinajstić information content (AvgIpc) is 2.61. The van der Waals surface area contributed by atoms with Crippen LogP contribution in [0, 0.1) is 0 Å². The SMILES string of the molecule is CC1SC(c2cccs2)CC1=O. The zero-order chi connectivity index (χ0) is 8.55. The van der Waals surface area contributed by atoms with E-state index >= 15 is 0 Å². The number of ketones is 1. The Bertz CT molecular complexity index is 279. The molecule has 1 aliphatic rings. The van der Waals surface area contributed by atoms with Gasteiger partial charge in [-0.3, -0.25) is 4.79 Å². The molecule has 0 saturated carbocycles.